The third-order valence-corrected chi connectivity index (χ3v) is 35.5. The smallest absolute Gasteiger partial charge is 0.0623 e. The minimum atomic E-state index is -2.78. The Morgan fingerprint density at radius 3 is 0.775 bits per heavy atom. The maximum atomic E-state index is 2.67. The van der Waals surface area contributed by atoms with E-state index in [1.54, 1.807) is 20.7 Å². The van der Waals surface area contributed by atoms with E-state index in [1.807, 2.05) is 0 Å². The van der Waals surface area contributed by atoms with Gasteiger partial charge in [-0.05, 0) is 141 Å². The van der Waals surface area contributed by atoms with Crippen molar-refractivity contribution in [1.29, 1.82) is 0 Å². The van der Waals surface area contributed by atoms with Gasteiger partial charge < -0.3 is 0 Å². The van der Waals surface area contributed by atoms with E-state index in [-0.39, 0.29) is 0 Å². The summed E-state index contributed by atoms with van der Waals surface area (Å²) in [6.07, 6.45) is 0. The van der Waals surface area contributed by atoms with Gasteiger partial charge in [0.05, 0.1) is 0 Å². The van der Waals surface area contributed by atoms with Crippen molar-refractivity contribution in [1.82, 2.24) is 0 Å². The molecule has 4 aliphatic rings. The first-order valence-corrected chi connectivity index (χ1v) is 38.4. The second-order valence-electron chi connectivity index (χ2n) is 23.4. The third-order valence-electron chi connectivity index (χ3n) is 18.7. The van der Waals surface area contributed by atoms with E-state index < -0.39 is 32.3 Å². The standard InChI is InChI=1S/C54H38Si2.C22H22Si2/c1-7-19-39(20-8-1)41-31-33-51-47(35-41)49-37-54-50(38-53(49)55(51,43-23-11-3-12-24-43)44-25-13-4-14-26-44)48-36-42(40-21-9-2-10-22-40)32-34-52(48)56(54,45-27-15-5-16-28-45)46-29-17-6-18-30-46;1-23(2)19-11-7-5-9-15(19)17-14-22-18(13-21(17)23)16-10-6-8-12-20(16)24(22,3)4/h1-38H;5-14H,1-4H3. The zero-order valence-electron chi connectivity index (χ0n) is 45.7. The molecule has 0 unspecified atom stereocenters. The summed E-state index contributed by atoms with van der Waals surface area (Å²) < 4.78 is 0. The van der Waals surface area contributed by atoms with Crippen molar-refractivity contribution < 1.29 is 0 Å². The van der Waals surface area contributed by atoms with Crippen LogP contribution in [0.2, 0.25) is 26.2 Å². The van der Waals surface area contributed by atoms with Crippen LogP contribution in [0, 0.1) is 0 Å². The molecular weight excluding hydrogens is 1030 g/mol. The Morgan fingerprint density at radius 1 is 0.175 bits per heavy atom. The molecule has 0 atom stereocenters. The quantitative estimate of drug-likeness (QED) is 0.146. The fourth-order valence-corrected chi connectivity index (χ4v) is 31.5. The highest BCUT2D eigenvalue weighted by atomic mass is 28.3. The zero-order chi connectivity index (χ0) is 53.8. The largest absolute Gasteiger partial charge is 0.180 e. The van der Waals surface area contributed by atoms with Crippen LogP contribution in [0.3, 0.4) is 0 Å². The predicted octanol–water partition coefficient (Wildman–Crippen LogP) is 11.0. The molecule has 0 N–H and O–H groups in total. The van der Waals surface area contributed by atoms with Crippen LogP contribution >= 0.6 is 0 Å². The van der Waals surface area contributed by atoms with Crippen LogP contribution in [0.1, 0.15) is 0 Å². The fourth-order valence-electron chi connectivity index (χ4n) is 15.0. The monoisotopic (exact) mass is 1080 g/mol. The minimum absolute atomic E-state index is 1.25. The molecule has 0 aromatic heterocycles. The highest BCUT2D eigenvalue weighted by Crippen LogP contribution is 2.39. The van der Waals surface area contributed by atoms with E-state index in [4.69, 9.17) is 0 Å². The summed E-state index contributed by atoms with van der Waals surface area (Å²) in [5.41, 5.74) is 16.5. The van der Waals surface area contributed by atoms with Gasteiger partial charge >= 0.3 is 0 Å². The molecule has 12 aromatic rings. The fraction of sp³-hybridized carbons (Fsp3) is 0.0526. The van der Waals surface area contributed by atoms with Crippen LogP contribution < -0.4 is 62.2 Å². The Labute approximate surface area is 475 Å². The van der Waals surface area contributed by atoms with Crippen LogP contribution in [0.25, 0.3) is 66.8 Å². The first-order valence-electron chi connectivity index (χ1n) is 28.4. The first kappa shape index (κ1) is 48.6. The van der Waals surface area contributed by atoms with E-state index >= 15 is 0 Å². The Morgan fingerprint density at radius 2 is 0.438 bits per heavy atom. The predicted molar refractivity (Wildman–Crippen MR) is 353 cm³/mol. The molecule has 0 spiro atoms. The van der Waals surface area contributed by atoms with Crippen molar-refractivity contribution in [2.24, 2.45) is 0 Å². The molecule has 380 valence electrons. The van der Waals surface area contributed by atoms with Gasteiger partial charge in [0.2, 0.25) is 0 Å². The van der Waals surface area contributed by atoms with Crippen molar-refractivity contribution in [3.63, 3.8) is 0 Å². The summed E-state index contributed by atoms with van der Waals surface area (Å²) in [6, 6.07) is 111. The molecule has 0 amide bonds. The van der Waals surface area contributed by atoms with Crippen LogP contribution in [-0.4, -0.2) is 32.3 Å². The summed E-state index contributed by atoms with van der Waals surface area (Å²) in [5, 5.41) is 18.1. The van der Waals surface area contributed by atoms with Gasteiger partial charge in [0.15, 0.2) is 16.1 Å². The lowest BCUT2D eigenvalue weighted by Gasteiger charge is -2.33. The summed E-state index contributed by atoms with van der Waals surface area (Å²) in [5.74, 6) is 0. The van der Waals surface area contributed by atoms with Gasteiger partial charge in [-0.25, -0.2) is 0 Å². The van der Waals surface area contributed by atoms with Crippen molar-refractivity contribution in [3.05, 3.63) is 291 Å². The SMILES string of the molecule is C[Si]1(C)c2ccccc2-c2cc3c(cc21)-c1ccccc1[Si]3(C)C.c1ccc(-c2ccc3c(c2)-c2cc4c(cc2[Si]3(c2ccccc2)c2ccccc2)-c2cc(-c3ccccc3)ccc2[Si]4(c2ccccc2)c2ccccc2)cc1. The molecule has 80 heavy (non-hydrogen) atoms. The summed E-state index contributed by atoms with van der Waals surface area (Å²) in [6.45, 7) is 10.0. The molecule has 16 rings (SSSR count). The number of benzene rings is 12. The third kappa shape index (κ3) is 7.02. The van der Waals surface area contributed by atoms with Crippen LogP contribution in [0.4, 0.5) is 0 Å². The van der Waals surface area contributed by atoms with Crippen LogP contribution in [0.15, 0.2) is 291 Å². The van der Waals surface area contributed by atoms with Crippen molar-refractivity contribution >= 4 is 94.5 Å². The molecule has 0 radical (unpaired) electrons. The molecule has 4 aliphatic heterocycles. The summed E-state index contributed by atoms with van der Waals surface area (Å²) in [4.78, 5) is 0. The number of rotatable bonds is 6. The number of fused-ring (bicyclic) bond motifs is 12. The number of hydrogen-bond donors (Lipinski definition) is 0. The van der Waals surface area contributed by atoms with Crippen molar-refractivity contribution in [2.45, 2.75) is 26.2 Å². The molecule has 0 bridgehead atoms. The Balaban J connectivity index is 0.000000191. The number of hydrogen-bond acceptors (Lipinski definition) is 0. The van der Waals surface area contributed by atoms with E-state index in [0.29, 0.717) is 0 Å². The lowest BCUT2D eigenvalue weighted by molar-refractivity contribution is 1.63. The van der Waals surface area contributed by atoms with E-state index in [9.17, 15) is 0 Å². The topological polar surface area (TPSA) is 0 Å². The Hall–Kier alpha value is -8.49. The van der Waals surface area contributed by atoms with Gasteiger partial charge in [-0.1, -0.05) is 305 Å². The van der Waals surface area contributed by atoms with Crippen molar-refractivity contribution in [2.75, 3.05) is 0 Å². The van der Waals surface area contributed by atoms with Gasteiger partial charge in [-0.3, -0.25) is 0 Å². The molecule has 0 aliphatic carbocycles. The highest BCUT2D eigenvalue weighted by Gasteiger charge is 2.54. The maximum absolute atomic E-state index is 2.78. The van der Waals surface area contributed by atoms with Gasteiger partial charge in [0.1, 0.15) is 16.1 Å². The van der Waals surface area contributed by atoms with Gasteiger partial charge in [-0.2, -0.15) is 0 Å². The molecule has 0 nitrogen and oxygen atoms in total. The Bertz CT molecular complexity index is 4020. The molecule has 4 heteroatoms. The van der Waals surface area contributed by atoms with Gasteiger partial charge in [-0.15, -0.1) is 0 Å². The van der Waals surface area contributed by atoms with Crippen LogP contribution in [0.5, 0.6) is 0 Å². The van der Waals surface area contributed by atoms with Crippen molar-refractivity contribution in [3.8, 4) is 66.8 Å². The van der Waals surface area contributed by atoms with E-state index in [1.165, 1.54) is 108 Å². The van der Waals surface area contributed by atoms with Crippen LogP contribution in [-0.2, 0) is 0 Å². The summed E-state index contributed by atoms with van der Waals surface area (Å²) >= 11 is 0. The normalized spacial score (nSPS) is 15.2. The zero-order valence-corrected chi connectivity index (χ0v) is 49.7. The first-order chi connectivity index (χ1) is 39.2. The van der Waals surface area contributed by atoms with E-state index in [2.05, 4.69) is 317 Å². The molecule has 0 saturated heterocycles. The average molecular weight is 1090 g/mol. The minimum Gasteiger partial charge on any atom is -0.0623 e. The molecule has 0 saturated carbocycles. The Kier molecular flexibility index (Phi) is 11.3. The average Bonchev–Trinajstić information content (AvgIpc) is 4.24. The second-order valence-corrected chi connectivity index (χ2v) is 39.6. The van der Waals surface area contributed by atoms with Gasteiger partial charge in [0.25, 0.3) is 0 Å². The molecule has 12 aromatic carbocycles. The highest BCUT2D eigenvalue weighted by molar-refractivity contribution is 7.24. The molecule has 0 fully saturated rings. The molecule has 4 heterocycles. The molecular formula is C76H60Si4. The summed E-state index contributed by atoms with van der Waals surface area (Å²) in [7, 11) is -8.71. The maximum Gasteiger partial charge on any atom is 0.180 e. The van der Waals surface area contributed by atoms with E-state index in [0.717, 1.165) is 0 Å². The lowest BCUT2D eigenvalue weighted by Crippen LogP contribution is -2.74. The second kappa shape index (κ2) is 18.6. The van der Waals surface area contributed by atoms with Gasteiger partial charge in [0, 0.05) is 0 Å². The lowest BCUT2D eigenvalue weighted by atomic mass is 9.96.